The molecule has 0 spiro atoms. The summed E-state index contributed by atoms with van der Waals surface area (Å²) in [6.07, 6.45) is 3.15. The van der Waals surface area contributed by atoms with Crippen molar-refractivity contribution in [2.24, 2.45) is 0 Å². The summed E-state index contributed by atoms with van der Waals surface area (Å²) >= 11 is 0. The number of nitro benzene ring substituents is 1. The number of rotatable bonds is 9. The molecule has 1 aromatic rings. The molecule has 182 valence electrons. The van der Waals surface area contributed by atoms with E-state index >= 15 is 0 Å². The van der Waals surface area contributed by atoms with Crippen LogP contribution in [0.25, 0.3) is 0 Å². The van der Waals surface area contributed by atoms with E-state index in [0.29, 0.717) is 17.0 Å². The third kappa shape index (κ3) is 5.69. The Bertz CT molecular complexity index is 1060. The molecule has 1 unspecified atom stereocenters. The zero-order chi connectivity index (χ0) is 24.8. The summed E-state index contributed by atoms with van der Waals surface area (Å²) in [7, 11) is 0. The highest BCUT2D eigenvalue weighted by Gasteiger charge is 2.39. The lowest BCUT2D eigenvalue weighted by molar-refractivity contribution is -0.757. The molecule has 1 aromatic carbocycles. The van der Waals surface area contributed by atoms with E-state index in [1.54, 1.807) is 19.9 Å². The number of nitro groups is 1. The minimum absolute atomic E-state index is 0.0468. The number of hydrogen-bond donors (Lipinski definition) is 1. The van der Waals surface area contributed by atoms with E-state index in [0.717, 1.165) is 25.7 Å². The van der Waals surface area contributed by atoms with Gasteiger partial charge in [-0.1, -0.05) is 12.1 Å². The number of carbonyl (C=O) groups excluding carboxylic acids is 2. The molecule has 1 aliphatic carbocycles. The standard InChI is InChI=1S/C22H25N3O9/c1-13-18(21(26)32-10-11-33-25(30)31)20(15-6-5-7-16(12-15)24(28)29)19(14(2)23-13)22(27)34-17-8-3-4-9-17/h5-7,12,17,20,23H,3-4,8-11H2,1-2H3. The van der Waals surface area contributed by atoms with Crippen LogP contribution in [0.5, 0.6) is 0 Å². The lowest BCUT2D eigenvalue weighted by Gasteiger charge is -2.31. The molecule has 1 N–H and O–H groups in total. The molecular weight excluding hydrogens is 450 g/mol. The summed E-state index contributed by atoms with van der Waals surface area (Å²) in [6.45, 7) is 2.40. The molecule has 34 heavy (non-hydrogen) atoms. The number of allylic oxidation sites excluding steroid dienone is 2. The number of hydrogen-bond acceptors (Lipinski definition) is 10. The molecule has 0 amide bonds. The van der Waals surface area contributed by atoms with Crippen LogP contribution in [0.2, 0.25) is 0 Å². The van der Waals surface area contributed by atoms with E-state index in [9.17, 15) is 29.8 Å². The highest BCUT2D eigenvalue weighted by atomic mass is 17.0. The molecule has 0 aromatic heterocycles. The van der Waals surface area contributed by atoms with Crippen molar-refractivity contribution in [2.75, 3.05) is 13.2 Å². The smallest absolute Gasteiger partial charge is 0.337 e. The van der Waals surface area contributed by atoms with Crippen molar-refractivity contribution >= 4 is 17.6 Å². The van der Waals surface area contributed by atoms with Crippen LogP contribution in [0.1, 0.15) is 51.0 Å². The van der Waals surface area contributed by atoms with Gasteiger partial charge in [0, 0.05) is 23.5 Å². The average Bonchev–Trinajstić information content (AvgIpc) is 3.28. The Morgan fingerprint density at radius 3 is 2.29 bits per heavy atom. The van der Waals surface area contributed by atoms with Gasteiger partial charge in [0.05, 0.1) is 22.0 Å². The Balaban J connectivity index is 1.98. The Labute approximate surface area is 194 Å². The van der Waals surface area contributed by atoms with E-state index in [-0.39, 0.29) is 22.9 Å². The molecule has 2 aliphatic rings. The van der Waals surface area contributed by atoms with Crippen molar-refractivity contribution in [3.8, 4) is 0 Å². The van der Waals surface area contributed by atoms with Crippen LogP contribution in [0.4, 0.5) is 5.69 Å². The fraction of sp³-hybridized carbons (Fsp3) is 0.455. The minimum Gasteiger partial charge on any atom is -0.460 e. The quantitative estimate of drug-likeness (QED) is 0.243. The van der Waals surface area contributed by atoms with Crippen LogP contribution in [-0.4, -0.2) is 41.3 Å². The van der Waals surface area contributed by atoms with Gasteiger partial charge in [-0.05, 0) is 45.1 Å². The highest BCUT2D eigenvalue weighted by Crippen LogP contribution is 2.40. The number of non-ortho nitro benzene ring substituents is 1. The van der Waals surface area contributed by atoms with E-state index in [1.165, 1.54) is 18.2 Å². The first kappa shape index (κ1) is 24.7. The summed E-state index contributed by atoms with van der Waals surface area (Å²) in [6, 6.07) is 5.65. The van der Waals surface area contributed by atoms with Crippen LogP contribution in [0.3, 0.4) is 0 Å². The van der Waals surface area contributed by atoms with Gasteiger partial charge in [-0.3, -0.25) is 10.1 Å². The van der Waals surface area contributed by atoms with Gasteiger partial charge in [-0.25, -0.2) is 9.59 Å². The third-order valence-corrected chi connectivity index (χ3v) is 5.70. The van der Waals surface area contributed by atoms with Gasteiger partial charge in [0.15, 0.2) is 0 Å². The molecule has 1 atom stereocenters. The van der Waals surface area contributed by atoms with Crippen LogP contribution in [-0.2, 0) is 23.9 Å². The van der Waals surface area contributed by atoms with Gasteiger partial charge < -0.3 is 19.6 Å². The van der Waals surface area contributed by atoms with Crippen molar-refractivity contribution in [2.45, 2.75) is 51.6 Å². The maximum absolute atomic E-state index is 13.3. The number of benzene rings is 1. The monoisotopic (exact) mass is 475 g/mol. The van der Waals surface area contributed by atoms with Gasteiger partial charge in [-0.15, -0.1) is 10.1 Å². The van der Waals surface area contributed by atoms with Gasteiger partial charge in [0.2, 0.25) is 0 Å². The molecule has 1 fully saturated rings. The molecule has 1 saturated carbocycles. The number of esters is 2. The van der Waals surface area contributed by atoms with E-state index in [2.05, 4.69) is 10.2 Å². The van der Waals surface area contributed by atoms with Crippen LogP contribution >= 0.6 is 0 Å². The Morgan fingerprint density at radius 1 is 1.03 bits per heavy atom. The lowest BCUT2D eigenvalue weighted by atomic mass is 9.80. The molecule has 0 bridgehead atoms. The van der Waals surface area contributed by atoms with Crippen LogP contribution < -0.4 is 5.32 Å². The third-order valence-electron chi connectivity index (χ3n) is 5.70. The summed E-state index contributed by atoms with van der Waals surface area (Å²) in [5, 5.41) is 23.7. The first-order valence-electron chi connectivity index (χ1n) is 10.8. The Kier molecular flexibility index (Phi) is 7.82. The topological polar surface area (TPSA) is 160 Å². The fourth-order valence-electron chi connectivity index (χ4n) is 4.23. The van der Waals surface area contributed by atoms with Crippen molar-refractivity contribution in [3.05, 3.63) is 72.6 Å². The zero-order valence-electron chi connectivity index (χ0n) is 18.8. The number of ether oxygens (including phenoxy) is 2. The molecule has 0 radical (unpaired) electrons. The molecule has 12 nitrogen and oxygen atoms in total. The number of nitrogens with zero attached hydrogens (tertiary/aromatic N) is 2. The summed E-state index contributed by atoms with van der Waals surface area (Å²) in [4.78, 5) is 51.6. The van der Waals surface area contributed by atoms with E-state index < -0.39 is 41.1 Å². The van der Waals surface area contributed by atoms with E-state index in [1.807, 2.05) is 0 Å². The number of nitrogens with one attached hydrogen (secondary N) is 1. The molecule has 0 saturated heterocycles. The minimum atomic E-state index is -1.00. The summed E-state index contributed by atoms with van der Waals surface area (Å²) in [5.41, 5.74) is 1.15. The summed E-state index contributed by atoms with van der Waals surface area (Å²) in [5.74, 6) is -2.46. The molecule has 12 heteroatoms. The largest absolute Gasteiger partial charge is 0.460 e. The first-order chi connectivity index (χ1) is 16.2. The number of carbonyl (C=O) groups is 2. The highest BCUT2D eigenvalue weighted by molar-refractivity contribution is 6.00. The summed E-state index contributed by atoms with van der Waals surface area (Å²) < 4.78 is 10.9. The zero-order valence-corrected chi connectivity index (χ0v) is 18.8. The second-order valence-electron chi connectivity index (χ2n) is 7.99. The molecule has 3 rings (SSSR count). The second kappa shape index (κ2) is 10.8. The maximum Gasteiger partial charge on any atom is 0.337 e. The van der Waals surface area contributed by atoms with Crippen molar-refractivity contribution in [1.82, 2.24) is 5.32 Å². The fourth-order valence-corrected chi connectivity index (χ4v) is 4.23. The van der Waals surface area contributed by atoms with Crippen LogP contribution in [0.15, 0.2) is 46.8 Å². The van der Waals surface area contributed by atoms with Crippen molar-refractivity contribution in [3.63, 3.8) is 0 Å². The van der Waals surface area contributed by atoms with Crippen molar-refractivity contribution < 1.29 is 33.9 Å². The maximum atomic E-state index is 13.3. The SMILES string of the molecule is CC1=C(C(=O)OCCO[N+](=O)[O-])C(c2cccc([N+](=O)[O-])c2)C(C(=O)OC2CCCC2)=C(C)N1. The first-order valence-corrected chi connectivity index (χ1v) is 10.8. The van der Waals surface area contributed by atoms with Crippen LogP contribution in [0, 0.1) is 20.2 Å². The Morgan fingerprint density at radius 2 is 1.68 bits per heavy atom. The lowest BCUT2D eigenvalue weighted by Crippen LogP contribution is -2.33. The van der Waals surface area contributed by atoms with Gasteiger partial charge in [0.1, 0.15) is 19.3 Å². The average molecular weight is 475 g/mol. The van der Waals surface area contributed by atoms with Crippen molar-refractivity contribution in [1.29, 1.82) is 0 Å². The predicted octanol–water partition coefficient (Wildman–Crippen LogP) is 3.07. The van der Waals surface area contributed by atoms with Gasteiger partial charge >= 0.3 is 11.9 Å². The molecular formula is C22H25N3O9. The normalized spacial score (nSPS) is 18.4. The van der Waals surface area contributed by atoms with Gasteiger partial charge in [-0.2, -0.15) is 0 Å². The van der Waals surface area contributed by atoms with E-state index in [4.69, 9.17) is 9.47 Å². The Hall–Kier alpha value is -3.96. The predicted molar refractivity (Wildman–Crippen MR) is 117 cm³/mol. The van der Waals surface area contributed by atoms with Gasteiger partial charge in [0.25, 0.3) is 10.8 Å². The molecule has 1 aliphatic heterocycles. The second-order valence-corrected chi connectivity index (χ2v) is 7.99. The molecule has 1 heterocycles. The number of dihydropyridines is 1.